The lowest BCUT2D eigenvalue weighted by molar-refractivity contribution is -0.0443. The Bertz CT molecular complexity index is 434. The Balaban J connectivity index is 1.81. The van der Waals surface area contributed by atoms with Crippen molar-refractivity contribution < 1.29 is 9.53 Å². The molecule has 2 fully saturated rings. The molecule has 1 aliphatic carbocycles. The molecule has 17 heavy (non-hydrogen) atoms. The third-order valence-electron chi connectivity index (χ3n) is 3.52. The van der Waals surface area contributed by atoms with E-state index in [-0.39, 0.29) is 12.0 Å². The van der Waals surface area contributed by atoms with Crippen LogP contribution in [-0.2, 0) is 4.74 Å². The summed E-state index contributed by atoms with van der Waals surface area (Å²) in [7, 11) is 0. The zero-order valence-corrected chi connectivity index (χ0v) is 11.8. The van der Waals surface area contributed by atoms with Gasteiger partial charge in [-0.1, -0.05) is 0 Å². The second-order valence-corrected chi connectivity index (χ2v) is 6.36. The third-order valence-corrected chi connectivity index (χ3v) is 5.20. The Labute approximate surface area is 113 Å². The fraction of sp³-hybridized carbons (Fsp3) is 0.583. The molecule has 0 spiro atoms. The van der Waals surface area contributed by atoms with Gasteiger partial charge in [-0.15, -0.1) is 11.3 Å². The van der Waals surface area contributed by atoms with Gasteiger partial charge in [0.1, 0.15) is 0 Å². The summed E-state index contributed by atoms with van der Waals surface area (Å²) < 4.78 is 6.71. The maximum absolute atomic E-state index is 12.4. The third kappa shape index (κ3) is 2.16. The smallest absolute Gasteiger partial charge is 0.264 e. The van der Waals surface area contributed by atoms with Gasteiger partial charge in [-0.3, -0.25) is 4.79 Å². The summed E-state index contributed by atoms with van der Waals surface area (Å²) >= 11 is 4.90. The molecule has 0 aromatic carbocycles. The van der Waals surface area contributed by atoms with Crippen molar-refractivity contribution in [2.75, 3.05) is 13.2 Å². The second kappa shape index (κ2) is 4.71. The summed E-state index contributed by atoms with van der Waals surface area (Å²) in [6, 6.07) is 2.21. The van der Waals surface area contributed by atoms with Gasteiger partial charge < -0.3 is 9.64 Å². The fourth-order valence-electron chi connectivity index (χ4n) is 2.74. The Hall–Kier alpha value is -0.390. The van der Waals surface area contributed by atoms with Crippen molar-refractivity contribution in [1.82, 2.24) is 4.90 Å². The minimum absolute atomic E-state index is 0.168. The summed E-state index contributed by atoms with van der Waals surface area (Å²) in [5, 5.41) is 1.96. The lowest BCUT2D eigenvalue weighted by atomic mass is 10.1. The highest BCUT2D eigenvalue weighted by Gasteiger charge is 2.38. The Morgan fingerprint density at radius 2 is 2.41 bits per heavy atom. The van der Waals surface area contributed by atoms with Crippen LogP contribution in [0.15, 0.2) is 15.9 Å². The number of rotatable bonds is 1. The maximum Gasteiger partial charge on any atom is 0.264 e. The molecule has 0 radical (unpaired) electrons. The molecular weight excluding hydrogens is 302 g/mol. The SMILES string of the molecule is O=C(c1cc(Br)cs1)N1CCO[C@H]2CCC[C@@H]21. The number of halogens is 1. The zero-order valence-electron chi connectivity index (χ0n) is 9.39. The topological polar surface area (TPSA) is 29.5 Å². The quantitative estimate of drug-likeness (QED) is 0.797. The van der Waals surface area contributed by atoms with Crippen molar-refractivity contribution in [3.63, 3.8) is 0 Å². The molecule has 2 heterocycles. The average Bonchev–Trinajstić information content (AvgIpc) is 2.95. The van der Waals surface area contributed by atoms with E-state index in [1.807, 2.05) is 16.3 Å². The lowest BCUT2D eigenvalue weighted by Crippen LogP contribution is -2.51. The van der Waals surface area contributed by atoms with E-state index >= 15 is 0 Å². The first-order valence-electron chi connectivity index (χ1n) is 5.92. The van der Waals surface area contributed by atoms with Crippen molar-refractivity contribution in [3.05, 3.63) is 20.8 Å². The van der Waals surface area contributed by atoms with Crippen molar-refractivity contribution in [2.45, 2.75) is 31.4 Å². The van der Waals surface area contributed by atoms with Gasteiger partial charge in [0.25, 0.3) is 5.91 Å². The molecule has 92 valence electrons. The predicted molar refractivity (Wildman–Crippen MR) is 70.4 cm³/mol. The number of nitrogens with zero attached hydrogens (tertiary/aromatic N) is 1. The van der Waals surface area contributed by atoms with Gasteiger partial charge >= 0.3 is 0 Å². The first-order valence-corrected chi connectivity index (χ1v) is 7.59. The maximum atomic E-state index is 12.4. The van der Waals surface area contributed by atoms with Crippen LogP contribution < -0.4 is 0 Å². The highest BCUT2D eigenvalue weighted by Crippen LogP contribution is 2.31. The highest BCUT2D eigenvalue weighted by atomic mass is 79.9. The van der Waals surface area contributed by atoms with Gasteiger partial charge in [-0.05, 0) is 41.3 Å². The van der Waals surface area contributed by atoms with Crippen LogP contribution in [0.5, 0.6) is 0 Å². The monoisotopic (exact) mass is 315 g/mol. The lowest BCUT2D eigenvalue weighted by Gasteiger charge is -2.37. The number of fused-ring (bicyclic) bond motifs is 1. The summed E-state index contributed by atoms with van der Waals surface area (Å²) in [6.45, 7) is 1.41. The van der Waals surface area contributed by atoms with Gasteiger partial charge in [0, 0.05) is 16.4 Å². The van der Waals surface area contributed by atoms with Crippen LogP contribution in [0.4, 0.5) is 0 Å². The van der Waals surface area contributed by atoms with E-state index in [0.717, 1.165) is 28.7 Å². The summed E-state index contributed by atoms with van der Waals surface area (Å²) in [5.74, 6) is 0.168. The van der Waals surface area contributed by atoms with Gasteiger partial charge in [0.2, 0.25) is 0 Å². The number of hydrogen-bond donors (Lipinski definition) is 0. The number of carbonyl (C=O) groups is 1. The molecule has 1 aromatic rings. The van der Waals surface area contributed by atoms with E-state index < -0.39 is 0 Å². The fourth-order valence-corrected chi connectivity index (χ4v) is 4.13. The molecule has 0 N–H and O–H groups in total. The first-order chi connectivity index (χ1) is 8.25. The minimum atomic E-state index is 0.168. The van der Waals surface area contributed by atoms with Crippen LogP contribution in [0.2, 0.25) is 0 Å². The van der Waals surface area contributed by atoms with E-state index in [2.05, 4.69) is 15.9 Å². The predicted octanol–water partition coefficient (Wildman–Crippen LogP) is 2.90. The number of amides is 1. The largest absolute Gasteiger partial charge is 0.374 e. The standard InChI is InChI=1S/C12H14BrNO2S/c13-8-6-11(17-7-8)12(15)14-4-5-16-10-3-1-2-9(10)14/h6-7,9-10H,1-5H2/t9-,10-/m0/s1. The molecule has 3 nitrogen and oxygen atoms in total. The van der Waals surface area contributed by atoms with E-state index in [9.17, 15) is 4.79 Å². The van der Waals surface area contributed by atoms with Crippen LogP contribution in [-0.4, -0.2) is 36.1 Å². The van der Waals surface area contributed by atoms with Crippen LogP contribution >= 0.6 is 27.3 Å². The van der Waals surface area contributed by atoms with E-state index in [1.54, 1.807) is 0 Å². The van der Waals surface area contributed by atoms with Crippen molar-refractivity contribution >= 4 is 33.2 Å². The summed E-state index contributed by atoms with van der Waals surface area (Å²) in [4.78, 5) is 15.3. The Kier molecular flexibility index (Phi) is 3.23. The zero-order chi connectivity index (χ0) is 11.8. The van der Waals surface area contributed by atoms with Gasteiger partial charge in [0.05, 0.1) is 23.6 Å². The van der Waals surface area contributed by atoms with E-state index in [1.165, 1.54) is 17.8 Å². The van der Waals surface area contributed by atoms with E-state index in [4.69, 9.17) is 4.74 Å². The molecule has 0 unspecified atom stereocenters. The number of carbonyl (C=O) groups excluding carboxylic acids is 1. The van der Waals surface area contributed by atoms with Crippen molar-refractivity contribution in [2.24, 2.45) is 0 Å². The first kappa shape index (κ1) is 11.7. The number of thiophene rings is 1. The molecule has 1 aliphatic heterocycles. The molecule has 1 aromatic heterocycles. The highest BCUT2D eigenvalue weighted by molar-refractivity contribution is 9.10. The second-order valence-electron chi connectivity index (χ2n) is 4.54. The van der Waals surface area contributed by atoms with Gasteiger partial charge in [-0.25, -0.2) is 0 Å². The summed E-state index contributed by atoms with van der Waals surface area (Å²) in [5.41, 5.74) is 0. The molecule has 0 bridgehead atoms. The van der Waals surface area contributed by atoms with Crippen molar-refractivity contribution in [1.29, 1.82) is 0 Å². The van der Waals surface area contributed by atoms with Crippen molar-refractivity contribution in [3.8, 4) is 0 Å². The number of hydrogen-bond acceptors (Lipinski definition) is 3. The van der Waals surface area contributed by atoms with E-state index in [0.29, 0.717) is 12.6 Å². The van der Waals surface area contributed by atoms with Gasteiger partial charge in [-0.2, -0.15) is 0 Å². The molecule has 3 rings (SSSR count). The molecule has 1 saturated carbocycles. The molecule has 5 heteroatoms. The van der Waals surface area contributed by atoms with Crippen LogP contribution in [0.1, 0.15) is 28.9 Å². The van der Waals surface area contributed by atoms with Crippen LogP contribution in [0.25, 0.3) is 0 Å². The number of ether oxygens (including phenoxy) is 1. The minimum Gasteiger partial charge on any atom is -0.374 e. The summed E-state index contributed by atoms with van der Waals surface area (Å²) in [6.07, 6.45) is 3.63. The number of morpholine rings is 1. The average molecular weight is 316 g/mol. The molecular formula is C12H14BrNO2S. The molecule has 2 atom stereocenters. The Morgan fingerprint density at radius 3 is 3.18 bits per heavy atom. The molecule has 2 aliphatic rings. The van der Waals surface area contributed by atoms with Crippen LogP contribution in [0.3, 0.4) is 0 Å². The van der Waals surface area contributed by atoms with Gasteiger partial charge in [0.15, 0.2) is 0 Å². The molecule has 1 amide bonds. The van der Waals surface area contributed by atoms with Crippen LogP contribution in [0, 0.1) is 0 Å². The Morgan fingerprint density at radius 1 is 1.53 bits per heavy atom. The molecule has 1 saturated heterocycles. The normalized spacial score (nSPS) is 28.2.